The number of nitrogens with zero attached hydrogens (tertiary/aromatic N) is 2. The minimum Gasteiger partial charge on any atom is -0.368 e. The number of nitrogens with two attached hydrogens (primary N) is 1. The maximum absolute atomic E-state index is 10.8. The second kappa shape index (κ2) is 5.38. The van der Waals surface area contributed by atoms with Gasteiger partial charge in [-0.05, 0) is 24.3 Å². The van der Waals surface area contributed by atoms with Crippen molar-refractivity contribution in [1.29, 1.82) is 0 Å². The van der Waals surface area contributed by atoms with Gasteiger partial charge < -0.3 is 11.1 Å². The molecule has 1 aromatic heterocycles. The van der Waals surface area contributed by atoms with Crippen molar-refractivity contribution in [3.8, 4) is 11.3 Å². The minimum absolute atomic E-state index is 0.167. The average Bonchev–Trinajstić information content (AvgIpc) is 2.48. The molecule has 2 aromatic carbocycles. The second-order valence-electron chi connectivity index (χ2n) is 4.40. The summed E-state index contributed by atoms with van der Waals surface area (Å²) in [6.07, 6.45) is 0.611. The lowest BCUT2D eigenvalue weighted by Gasteiger charge is -2.11. The Hall–Kier alpha value is -2.66. The van der Waals surface area contributed by atoms with E-state index in [0.717, 1.165) is 10.9 Å². The number of carbonyl (C=O) groups is 1. The molecule has 3 rings (SSSR count). The summed E-state index contributed by atoms with van der Waals surface area (Å²) in [4.78, 5) is 19.3. The van der Waals surface area contributed by atoms with Crippen LogP contribution in [-0.4, -0.2) is 16.4 Å². The number of rotatable bonds is 3. The minimum atomic E-state index is 0.167. The fraction of sp³-hybridized carbons (Fsp3) is 0. The van der Waals surface area contributed by atoms with E-state index in [1.54, 1.807) is 18.2 Å². The summed E-state index contributed by atoms with van der Waals surface area (Å²) in [5.41, 5.74) is 8.45. The first-order valence-electron chi connectivity index (χ1n) is 6.21. The Bertz CT molecular complexity index is 835. The van der Waals surface area contributed by atoms with E-state index < -0.39 is 0 Å². The molecule has 0 aliphatic rings. The van der Waals surface area contributed by atoms with Crippen LogP contribution in [0.5, 0.6) is 0 Å². The number of aromatic nitrogens is 2. The van der Waals surface area contributed by atoms with Gasteiger partial charge in [0.2, 0.25) is 12.4 Å². The third-order valence-electron chi connectivity index (χ3n) is 3.07. The van der Waals surface area contributed by atoms with Crippen LogP contribution in [0, 0.1) is 0 Å². The predicted octanol–water partition coefficient (Wildman–Crippen LogP) is 3.10. The Kier molecular flexibility index (Phi) is 3.41. The molecule has 0 bridgehead atoms. The lowest BCUT2D eigenvalue weighted by atomic mass is 10.0. The quantitative estimate of drug-likeness (QED) is 0.728. The zero-order chi connectivity index (χ0) is 14.8. The maximum Gasteiger partial charge on any atom is 0.221 e. The molecule has 0 unspecified atom stereocenters. The standard InChI is InChI=1S/C15H11ClN4O/c16-9-5-6-12(18-8-21)11(7-9)14-10-3-1-2-4-13(10)19-15(17)20-14/h1-8H,(H,18,21)(H2,17,19,20). The van der Waals surface area contributed by atoms with Crippen LogP contribution in [0.1, 0.15) is 0 Å². The highest BCUT2D eigenvalue weighted by atomic mass is 35.5. The molecular formula is C15H11ClN4O. The highest BCUT2D eigenvalue weighted by Gasteiger charge is 2.12. The SMILES string of the molecule is Nc1nc(-c2cc(Cl)ccc2NC=O)c2ccccc2n1. The van der Waals surface area contributed by atoms with E-state index >= 15 is 0 Å². The van der Waals surface area contributed by atoms with Gasteiger partial charge >= 0.3 is 0 Å². The van der Waals surface area contributed by atoms with Crippen LogP contribution in [0.4, 0.5) is 11.6 Å². The molecular weight excluding hydrogens is 288 g/mol. The molecule has 21 heavy (non-hydrogen) atoms. The fourth-order valence-electron chi connectivity index (χ4n) is 2.20. The van der Waals surface area contributed by atoms with Crippen LogP contribution in [0.15, 0.2) is 42.5 Å². The number of amides is 1. The van der Waals surface area contributed by atoms with Crippen LogP contribution < -0.4 is 11.1 Å². The van der Waals surface area contributed by atoms with E-state index in [1.165, 1.54) is 0 Å². The van der Waals surface area contributed by atoms with Crippen LogP contribution in [0.25, 0.3) is 22.2 Å². The molecule has 3 N–H and O–H groups in total. The van der Waals surface area contributed by atoms with Crippen molar-refractivity contribution in [3.05, 3.63) is 47.5 Å². The van der Waals surface area contributed by atoms with Crippen molar-refractivity contribution in [2.75, 3.05) is 11.1 Å². The highest BCUT2D eigenvalue weighted by Crippen LogP contribution is 2.33. The molecule has 104 valence electrons. The monoisotopic (exact) mass is 298 g/mol. The number of benzene rings is 2. The molecule has 0 atom stereocenters. The number of nitrogens with one attached hydrogen (secondary N) is 1. The summed E-state index contributed by atoms with van der Waals surface area (Å²) in [6, 6.07) is 12.7. The summed E-state index contributed by atoms with van der Waals surface area (Å²) in [6.45, 7) is 0. The van der Waals surface area contributed by atoms with Crippen molar-refractivity contribution in [2.45, 2.75) is 0 Å². The molecule has 0 aliphatic carbocycles. The Morgan fingerprint density at radius 2 is 1.95 bits per heavy atom. The van der Waals surface area contributed by atoms with Crippen molar-refractivity contribution in [1.82, 2.24) is 9.97 Å². The summed E-state index contributed by atoms with van der Waals surface area (Å²) >= 11 is 6.07. The van der Waals surface area contributed by atoms with Crippen molar-refractivity contribution >= 4 is 40.5 Å². The normalized spacial score (nSPS) is 10.5. The van der Waals surface area contributed by atoms with E-state index in [1.807, 2.05) is 24.3 Å². The first-order chi connectivity index (χ1) is 10.2. The molecule has 0 radical (unpaired) electrons. The average molecular weight is 299 g/mol. The van der Waals surface area contributed by atoms with Crippen LogP contribution >= 0.6 is 11.6 Å². The van der Waals surface area contributed by atoms with Gasteiger partial charge in [-0.3, -0.25) is 4.79 Å². The molecule has 0 saturated heterocycles. The zero-order valence-corrected chi connectivity index (χ0v) is 11.6. The summed E-state index contributed by atoms with van der Waals surface area (Å²) < 4.78 is 0. The number of nitrogen functional groups attached to an aromatic ring is 1. The number of fused-ring (bicyclic) bond motifs is 1. The maximum atomic E-state index is 10.8. The Morgan fingerprint density at radius 3 is 2.76 bits per heavy atom. The van der Waals surface area contributed by atoms with Crippen molar-refractivity contribution in [2.24, 2.45) is 0 Å². The number of anilines is 2. The summed E-state index contributed by atoms with van der Waals surface area (Å²) in [7, 11) is 0. The number of para-hydroxylation sites is 1. The molecule has 0 saturated carbocycles. The number of halogens is 1. The zero-order valence-electron chi connectivity index (χ0n) is 10.9. The van der Waals surface area contributed by atoms with Crippen molar-refractivity contribution < 1.29 is 4.79 Å². The highest BCUT2D eigenvalue weighted by molar-refractivity contribution is 6.31. The summed E-state index contributed by atoms with van der Waals surface area (Å²) in [5, 5.41) is 4.03. The largest absolute Gasteiger partial charge is 0.368 e. The lowest BCUT2D eigenvalue weighted by Crippen LogP contribution is -2.01. The first-order valence-corrected chi connectivity index (χ1v) is 6.59. The lowest BCUT2D eigenvalue weighted by molar-refractivity contribution is -0.105. The summed E-state index contributed by atoms with van der Waals surface area (Å²) in [5.74, 6) is 0.167. The van der Waals surface area contributed by atoms with Crippen molar-refractivity contribution in [3.63, 3.8) is 0 Å². The van der Waals surface area contributed by atoms with Gasteiger partial charge in [0.1, 0.15) is 0 Å². The first kappa shape index (κ1) is 13.3. The van der Waals surface area contributed by atoms with E-state index in [2.05, 4.69) is 15.3 Å². The molecule has 1 amide bonds. The van der Waals surface area contributed by atoms with Crippen LogP contribution in [0.3, 0.4) is 0 Å². The third kappa shape index (κ3) is 2.51. The van der Waals surface area contributed by atoms with Gasteiger partial charge in [-0.15, -0.1) is 0 Å². The van der Waals surface area contributed by atoms with Crippen LogP contribution in [-0.2, 0) is 4.79 Å². The molecule has 5 nitrogen and oxygen atoms in total. The third-order valence-corrected chi connectivity index (χ3v) is 3.31. The van der Waals surface area contributed by atoms with Gasteiger partial charge in [-0.25, -0.2) is 9.97 Å². The Morgan fingerprint density at radius 1 is 1.14 bits per heavy atom. The molecule has 1 heterocycles. The molecule has 0 spiro atoms. The van der Waals surface area contributed by atoms with Gasteiger partial charge in [-0.1, -0.05) is 29.8 Å². The van der Waals surface area contributed by atoms with Gasteiger partial charge in [0.25, 0.3) is 0 Å². The Balaban J connectivity index is 2.34. The number of hydrogen-bond donors (Lipinski definition) is 2. The number of hydrogen-bond acceptors (Lipinski definition) is 4. The Labute approximate surface area is 125 Å². The molecule has 0 aliphatic heterocycles. The van der Waals surface area contributed by atoms with Gasteiger partial charge in [0, 0.05) is 16.0 Å². The van der Waals surface area contributed by atoms with Crippen LogP contribution in [0.2, 0.25) is 5.02 Å². The molecule has 3 aromatic rings. The van der Waals surface area contributed by atoms with Gasteiger partial charge in [-0.2, -0.15) is 0 Å². The molecule has 6 heteroatoms. The topological polar surface area (TPSA) is 80.9 Å². The van der Waals surface area contributed by atoms with Gasteiger partial charge in [0.15, 0.2) is 0 Å². The fourth-order valence-corrected chi connectivity index (χ4v) is 2.37. The predicted molar refractivity (Wildman–Crippen MR) is 84.1 cm³/mol. The number of carbonyl (C=O) groups excluding carboxylic acids is 1. The second-order valence-corrected chi connectivity index (χ2v) is 4.84. The van der Waals surface area contributed by atoms with E-state index in [-0.39, 0.29) is 5.95 Å². The molecule has 0 fully saturated rings. The van der Waals surface area contributed by atoms with E-state index in [4.69, 9.17) is 17.3 Å². The smallest absolute Gasteiger partial charge is 0.221 e. The van der Waals surface area contributed by atoms with E-state index in [0.29, 0.717) is 28.4 Å². The van der Waals surface area contributed by atoms with E-state index in [9.17, 15) is 4.79 Å². The van der Waals surface area contributed by atoms with Gasteiger partial charge in [0.05, 0.1) is 16.9 Å².